The Bertz CT molecular complexity index is 379. The van der Waals surface area contributed by atoms with Gasteiger partial charge in [0.25, 0.3) is 0 Å². The quantitative estimate of drug-likeness (QED) is 0.366. The zero-order chi connectivity index (χ0) is 13.4. The minimum absolute atomic E-state index is 0.402. The lowest BCUT2D eigenvalue weighted by atomic mass is 10.0. The molecule has 0 saturated carbocycles. The molecule has 0 heterocycles. The average Bonchev–Trinajstić information content (AvgIpc) is 2.37. The molecule has 100 valence electrons. The van der Waals surface area contributed by atoms with E-state index in [1.807, 2.05) is 6.08 Å². The van der Waals surface area contributed by atoms with Crippen molar-refractivity contribution in [3.8, 4) is 0 Å². The molecule has 1 N–H and O–H groups in total. The highest BCUT2D eigenvalue weighted by atomic mass is 127. The van der Waals surface area contributed by atoms with Crippen molar-refractivity contribution in [3.63, 3.8) is 0 Å². The molecule has 0 amide bonds. The Morgan fingerprint density at radius 3 is 2.89 bits per heavy atom. The molecule has 1 aromatic carbocycles. The van der Waals surface area contributed by atoms with E-state index in [2.05, 4.69) is 59.6 Å². The van der Waals surface area contributed by atoms with Gasteiger partial charge in [-0.3, -0.25) is 0 Å². The van der Waals surface area contributed by atoms with Gasteiger partial charge >= 0.3 is 0 Å². The van der Waals surface area contributed by atoms with Gasteiger partial charge in [0.15, 0.2) is 0 Å². The summed E-state index contributed by atoms with van der Waals surface area (Å²) in [6.07, 6.45) is 6.49. The van der Waals surface area contributed by atoms with Crippen LogP contribution in [0.25, 0.3) is 0 Å². The first kappa shape index (κ1) is 16.0. The van der Waals surface area contributed by atoms with Crippen molar-refractivity contribution >= 4 is 34.2 Å². The van der Waals surface area contributed by atoms with E-state index in [4.69, 9.17) is 11.6 Å². The van der Waals surface area contributed by atoms with Gasteiger partial charge in [-0.2, -0.15) is 0 Å². The molecule has 0 aliphatic heterocycles. The Labute approximate surface area is 129 Å². The number of rotatable bonds is 8. The van der Waals surface area contributed by atoms with Gasteiger partial charge in [0, 0.05) is 9.61 Å². The summed E-state index contributed by atoms with van der Waals surface area (Å²) in [5, 5.41) is 4.44. The van der Waals surface area contributed by atoms with E-state index in [0.717, 1.165) is 40.8 Å². The summed E-state index contributed by atoms with van der Waals surface area (Å²) >= 11 is 8.46. The second kappa shape index (κ2) is 8.94. The van der Waals surface area contributed by atoms with E-state index in [1.165, 1.54) is 5.56 Å². The summed E-state index contributed by atoms with van der Waals surface area (Å²) in [5.41, 5.74) is 1.29. The third-order valence-corrected chi connectivity index (χ3v) is 4.46. The van der Waals surface area contributed by atoms with Gasteiger partial charge in [0.1, 0.15) is 0 Å². The van der Waals surface area contributed by atoms with Crippen molar-refractivity contribution in [2.24, 2.45) is 0 Å². The van der Waals surface area contributed by atoms with Gasteiger partial charge in [-0.25, -0.2) is 0 Å². The van der Waals surface area contributed by atoms with Crippen LogP contribution in [0.15, 0.2) is 30.9 Å². The van der Waals surface area contributed by atoms with Gasteiger partial charge in [-0.1, -0.05) is 30.7 Å². The van der Waals surface area contributed by atoms with Crippen LogP contribution < -0.4 is 5.32 Å². The van der Waals surface area contributed by atoms with Crippen molar-refractivity contribution in [3.05, 3.63) is 45.0 Å². The summed E-state index contributed by atoms with van der Waals surface area (Å²) in [6, 6.07) is 6.76. The Morgan fingerprint density at radius 1 is 1.50 bits per heavy atom. The molecule has 1 aromatic rings. The summed E-state index contributed by atoms with van der Waals surface area (Å²) < 4.78 is 1.11. The second-order valence-electron chi connectivity index (χ2n) is 4.40. The molecule has 0 radical (unpaired) electrons. The van der Waals surface area contributed by atoms with Crippen LogP contribution in [0, 0.1) is 3.57 Å². The summed E-state index contributed by atoms with van der Waals surface area (Å²) in [7, 11) is 0. The Balaban J connectivity index is 2.72. The van der Waals surface area contributed by atoms with Crippen LogP contribution >= 0.6 is 34.2 Å². The second-order valence-corrected chi connectivity index (χ2v) is 5.97. The molecule has 1 unspecified atom stereocenters. The molecule has 0 aliphatic carbocycles. The first-order valence-electron chi connectivity index (χ1n) is 6.48. The first-order valence-corrected chi connectivity index (χ1v) is 7.94. The fraction of sp³-hybridized carbons (Fsp3) is 0.467. The highest BCUT2D eigenvalue weighted by Gasteiger charge is 2.11. The predicted molar refractivity (Wildman–Crippen MR) is 89.3 cm³/mol. The summed E-state index contributed by atoms with van der Waals surface area (Å²) in [6.45, 7) is 7.01. The molecule has 1 nitrogen and oxygen atoms in total. The van der Waals surface area contributed by atoms with Crippen molar-refractivity contribution in [1.29, 1.82) is 0 Å². The molecule has 18 heavy (non-hydrogen) atoms. The summed E-state index contributed by atoms with van der Waals surface area (Å²) in [4.78, 5) is 0. The molecule has 0 saturated heterocycles. The first-order chi connectivity index (χ1) is 8.69. The van der Waals surface area contributed by atoms with Crippen LogP contribution in [0.5, 0.6) is 0 Å². The number of hydrogen-bond donors (Lipinski definition) is 1. The van der Waals surface area contributed by atoms with Crippen LogP contribution in [-0.2, 0) is 0 Å². The number of benzene rings is 1. The van der Waals surface area contributed by atoms with Crippen LogP contribution in [0.3, 0.4) is 0 Å². The van der Waals surface area contributed by atoms with Crippen molar-refractivity contribution in [2.75, 3.05) is 6.54 Å². The van der Waals surface area contributed by atoms with Gasteiger partial charge < -0.3 is 5.32 Å². The van der Waals surface area contributed by atoms with Crippen LogP contribution in [0.4, 0.5) is 0 Å². The zero-order valence-corrected chi connectivity index (χ0v) is 13.8. The van der Waals surface area contributed by atoms with E-state index >= 15 is 0 Å². The number of halogens is 2. The van der Waals surface area contributed by atoms with E-state index in [-0.39, 0.29) is 0 Å². The van der Waals surface area contributed by atoms with Gasteiger partial charge in [0.2, 0.25) is 0 Å². The third kappa shape index (κ3) is 5.29. The normalized spacial score (nSPS) is 12.4. The Kier molecular flexibility index (Phi) is 7.95. The van der Waals surface area contributed by atoms with Gasteiger partial charge in [-0.05, 0) is 72.5 Å². The van der Waals surface area contributed by atoms with E-state index in [0.29, 0.717) is 6.04 Å². The van der Waals surface area contributed by atoms with Crippen molar-refractivity contribution < 1.29 is 0 Å². The largest absolute Gasteiger partial charge is 0.310 e. The topological polar surface area (TPSA) is 12.0 Å². The van der Waals surface area contributed by atoms with Crippen molar-refractivity contribution in [1.82, 2.24) is 5.32 Å². The molecule has 3 heteroatoms. The lowest BCUT2D eigenvalue weighted by Crippen LogP contribution is -2.22. The number of hydrogen-bond acceptors (Lipinski definition) is 1. The minimum Gasteiger partial charge on any atom is -0.310 e. The molecule has 0 spiro atoms. The van der Waals surface area contributed by atoms with Crippen molar-refractivity contribution in [2.45, 2.75) is 38.6 Å². The molecule has 0 bridgehead atoms. The SMILES string of the molecule is C=CCCCC(NCCC)c1ccc(I)c(Cl)c1. The van der Waals surface area contributed by atoms with Gasteiger partial charge in [-0.15, -0.1) is 6.58 Å². The van der Waals surface area contributed by atoms with Crippen LogP contribution in [0.2, 0.25) is 5.02 Å². The highest BCUT2D eigenvalue weighted by Crippen LogP contribution is 2.26. The molecular formula is C15H21ClIN. The predicted octanol–water partition coefficient (Wildman–Crippen LogP) is 5.34. The lowest BCUT2D eigenvalue weighted by Gasteiger charge is -2.19. The monoisotopic (exact) mass is 377 g/mol. The number of allylic oxidation sites excluding steroid dienone is 1. The molecule has 0 aliphatic rings. The number of nitrogens with one attached hydrogen (secondary N) is 1. The Morgan fingerprint density at radius 2 is 2.28 bits per heavy atom. The lowest BCUT2D eigenvalue weighted by molar-refractivity contribution is 0.486. The van der Waals surface area contributed by atoms with E-state index < -0.39 is 0 Å². The van der Waals surface area contributed by atoms with Crippen LogP contribution in [-0.4, -0.2) is 6.54 Å². The van der Waals surface area contributed by atoms with Crippen LogP contribution in [0.1, 0.15) is 44.2 Å². The fourth-order valence-electron chi connectivity index (χ4n) is 1.90. The van der Waals surface area contributed by atoms with E-state index in [9.17, 15) is 0 Å². The third-order valence-electron chi connectivity index (χ3n) is 2.89. The minimum atomic E-state index is 0.402. The molecule has 1 rings (SSSR count). The zero-order valence-electron chi connectivity index (χ0n) is 10.9. The number of unbranched alkanes of at least 4 members (excludes halogenated alkanes) is 1. The smallest absolute Gasteiger partial charge is 0.0542 e. The maximum absolute atomic E-state index is 6.20. The Hall–Kier alpha value is -0.0600. The molecule has 0 aromatic heterocycles. The van der Waals surface area contributed by atoms with E-state index in [1.54, 1.807) is 0 Å². The van der Waals surface area contributed by atoms with Gasteiger partial charge in [0.05, 0.1) is 5.02 Å². The molecular weight excluding hydrogens is 357 g/mol. The highest BCUT2D eigenvalue weighted by molar-refractivity contribution is 14.1. The summed E-state index contributed by atoms with van der Waals surface area (Å²) in [5.74, 6) is 0. The fourth-order valence-corrected chi connectivity index (χ4v) is 2.43. The molecule has 1 atom stereocenters. The standard InChI is InChI=1S/C15H21ClIN/c1-3-5-6-7-15(18-10-4-2)12-8-9-14(17)13(16)11-12/h3,8-9,11,15,18H,1,4-7,10H2,2H3. The average molecular weight is 378 g/mol. The maximum atomic E-state index is 6.20. The molecule has 0 fully saturated rings. The maximum Gasteiger partial charge on any atom is 0.0542 e.